The molecule has 3 aliphatic rings. The van der Waals surface area contributed by atoms with Gasteiger partial charge in [0.1, 0.15) is 6.04 Å². The van der Waals surface area contributed by atoms with Gasteiger partial charge in [-0.25, -0.2) is 0 Å². The first-order chi connectivity index (χ1) is 17.3. The molecule has 1 aromatic rings. The molecule has 3 N–H and O–H groups in total. The SMILES string of the molecule is CCCNC(=O)[C@@H]1[C@H]2C(=O)N(CCCCCCO)C(C(=O)Nc3cc(C)ccc3C)C23S[C@@H]1CC3C. The van der Waals surface area contributed by atoms with E-state index in [-0.39, 0.29) is 41.4 Å². The van der Waals surface area contributed by atoms with Crippen LogP contribution in [-0.2, 0) is 14.4 Å². The Morgan fingerprint density at radius 2 is 1.92 bits per heavy atom. The summed E-state index contributed by atoms with van der Waals surface area (Å²) in [5.74, 6) is -0.938. The van der Waals surface area contributed by atoms with Gasteiger partial charge in [-0.3, -0.25) is 14.4 Å². The Bertz CT molecular complexity index is 1000. The molecule has 8 heteroatoms. The molecule has 7 nitrogen and oxygen atoms in total. The van der Waals surface area contributed by atoms with Crippen molar-refractivity contribution in [1.29, 1.82) is 0 Å². The molecule has 3 fully saturated rings. The van der Waals surface area contributed by atoms with Gasteiger partial charge in [0.15, 0.2) is 0 Å². The standard InChI is InChI=1S/C28H41N3O4S/c1-5-12-29-25(33)22-21-16-19(4)28(36-21)23(22)27(35)31(13-8-6-7-9-14-32)24(28)26(34)30-20-15-17(2)10-11-18(20)3/h10-11,15,19,21-24,32H,5-9,12-14,16H2,1-4H3,(H,29,33)(H,30,34)/t19?,21-,22+,23+,24?,28?/m1/s1. The number of anilines is 1. The number of fused-ring (bicyclic) bond motifs is 1. The average molecular weight is 516 g/mol. The lowest BCUT2D eigenvalue weighted by atomic mass is 9.66. The highest BCUT2D eigenvalue weighted by atomic mass is 32.2. The van der Waals surface area contributed by atoms with E-state index >= 15 is 0 Å². The van der Waals surface area contributed by atoms with Crippen molar-refractivity contribution in [2.45, 2.75) is 82.3 Å². The summed E-state index contributed by atoms with van der Waals surface area (Å²) in [6.45, 7) is 9.40. The Hall–Kier alpha value is -2.06. The lowest BCUT2D eigenvalue weighted by molar-refractivity contribution is -0.139. The maximum absolute atomic E-state index is 14.0. The molecule has 0 saturated carbocycles. The molecule has 0 radical (unpaired) electrons. The number of aliphatic hydroxyl groups is 1. The number of hydrogen-bond acceptors (Lipinski definition) is 5. The number of aryl methyl sites for hydroxylation is 2. The Morgan fingerprint density at radius 1 is 1.17 bits per heavy atom. The van der Waals surface area contributed by atoms with E-state index in [2.05, 4.69) is 17.6 Å². The molecule has 3 amide bonds. The second kappa shape index (κ2) is 11.1. The summed E-state index contributed by atoms with van der Waals surface area (Å²) >= 11 is 1.72. The third kappa shape index (κ3) is 4.67. The highest BCUT2D eigenvalue weighted by Gasteiger charge is 2.75. The maximum Gasteiger partial charge on any atom is 0.248 e. The second-order valence-corrected chi connectivity index (χ2v) is 12.4. The van der Waals surface area contributed by atoms with Crippen molar-refractivity contribution in [3.8, 4) is 0 Å². The number of nitrogens with one attached hydrogen (secondary N) is 2. The molecule has 198 valence electrons. The zero-order valence-corrected chi connectivity index (χ0v) is 22.8. The molecule has 4 rings (SSSR count). The summed E-state index contributed by atoms with van der Waals surface area (Å²) in [5.41, 5.74) is 2.82. The smallest absolute Gasteiger partial charge is 0.248 e. The van der Waals surface area contributed by atoms with E-state index in [4.69, 9.17) is 5.11 Å². The van der Waals surface area contributed by atoms with Crippen LogP contribution in [0.4, 0.5) is 5.69 Å². The number of rotatable bonds is 11. The van der Waals surface area contributed by atoms with Crippen LogP contribution in [-0.4, -0.2) is 63.5 Å². The predicted octanol–water partition coefficient (Wildman–Crippen LogP) is 3.66. The normalized spacial score (nSPS) is 30.5. The average Bonchev–Trinajstić information content (AvgIpc) is 3.43. The zero-order chi connectivity index (χ0) is 26.0. The summed E-state index contributed by atoms with van der Waals surface area (Å²) in [5, 5.41) is 15.4. The maximum atomic E-state index is 14.0. The molecule has 1 aromatic carbocycles. The Morgan fingerprint density at radius 3 is 2.64 bits per heavy atom. The number of thioether (sulfide) groups is 1. The monoisotopic (exact) mass is 515 g/mol. The first-order valence-corrected chi connectivity index (χ1v) is 14.4. The summed E-state index contributed by atoms with van der Waals surface area (Å²) < 4.78 is -0.594. The van der Waals surface area contributed by atoms with Crippen LogP contribution in [0.25, 0.3) is 0 Å². The molecule has 2 bridgehead atoms. The fourth-order valence-electron chi connectivity index (χ4n) is 6.55. The van der Waals surface area contributed by atoms with Crippen molar-refractivity contribution in [2.75, 3.05) is 25.0 Å². The summed E-state index contributed by atoms with van der Waals surface area (Å²) in [7, 11) is 0. The van der Waals surface area contributed by atoms with Crippen molar-refractivity contribution in [3.05, 3.63) is 29.3 Å². The number of hydrogen-bond donors (Lipinski definition) is 3. The van der Waals surface area contributed by atoms with Crippen LogP contribution >= 0.6 is 11.8 Å². The number of nitrogens with zero attached hydrogens (tertiary/aromatic N) is 1. The number of amides is 3. The molecule has 3 aliphatic heterocycles. The van der Waals surface area contributed by atoms with Gasteiger partial charge >= 0.3 is 0 Å². The van der Waals surface area contributed by atoms with Gasteiger partial charge in [-0.2, -0.15) is 0 Å². The number of benzene rings is 1. The summed E-state index contributed by atoms with van der Waals surface area (Å²) in [6.07, 6.45) is 4.98. The number of likely N-dealkylation sites (tertiary alicyclic amines) is 1. The number of aliphatic hydroxyl groups excluding tert-OH is 1. The Labute approximate surface area is 219 Å². The third-order valence-electron chi connectivity index (χ3n) is 8.30. The molecule has 0 aliphatic carbocycles. The minimum atomic E-state index is -0.610. The Kier molecular flexibility index (Phi) is 8.35. The van der Waals surface area contributed by atoms with Gasteiger partial charge in [-0.15, -0.1) is 11.8 Å². The van der Waals surface area contributed by atoms with Crippen molar-refractivity contribution < 1.29 is 19.5 Å². The van der Waals surface area contributed by atoms with E-state index in [1.165, 1.54) is 0 Å². The predicted molar refractivity (Wildman–Crippen MR) is 144 cm³/mol. The largest absolute Gasteiger partial charge is 0.396 e. The summed E-state index contributed by atoms with van der Waals surface area (Å²) in [6, 6.07) is 5.38. The van der Waals surface area contributed by atoms with Crippen LogP contribution in [0.1, 0.15) is 63.5 Å². The lowest BCUT2D eigenvalue weighted by Crippen LogP contribution is -2.55. The third-order valence-corrected chi connectivity index (χ3v) is 10.4. The molecule has 36 heavy (non-hydrogen) atoms. The van der Waals surface area contributed by atoms with Gasteiger partial charge in [-0.05, 0) is 62.6 Å². The van der Waals surface area contributed by atoms with Gasteiger partial charge in [0.25, 0.3) is 0 Å². The van der Waals surface area contributed by atoms with Crippen molar-refractivity contribution >= 4 is 35.2 Å². The first-order valence-electron chi connectivity index (χ1n) is 13.5. The minimum Gasteiger partial charge on any atom is -0.396 e. The van der Waals surface area contributed by atoms with E-state index in [0.29, 0.717) is 13.1 Å². The molecule has 0 aromatic heterocycles. The van der Waals surface area contributed by atoms with Crippen LogP contribution in [0.3, 0.4) is 0 Å². The van der Waals surface area contributed by atoms with Gasteiger partial charge in [0, 0.05) is 30.6 Å². The quantitative estimate of drug-likeness (QED) is 0.391. The molecular formula is C28H41N3O4S. The topological polar surface area (TPSA) is 98.7 Å². The highest BCUT2D eigenvalue weighted by molar-refractivity contribution is 8.02. The van der Waals surface area contributed by atoms with E-state index in [1.54, 1.807) is 16.7 Å². The van der Waals surface area contributed by atoms with Crippen molar-refractivity contribution in [1.82, 2.24) is 10.2 Å². The second-order valence-electron chi connectivity index (χ2n) is 10.8. The van der Waals surface area contributed by atoms with Crippen molar-refractivity contribution in [3.63, 3.8) is 0 Å². The molecule has 3 saturated heterocycles. The fraction of sp³-hybridized carbons (Fsp3) is 0.679. The van der Waals surface area contributed by atoms with E-state index in [9.17, 15) is 14.4 Å². The van der Waals surface area contributed by atoms with E-state index < -0.39 is 16.7 Å². The molecule has 3 heterocycles. The van der Waals surface area contributed by atoms with Crippen LogP contribution in [0.2, 0.25) is 0 Å². The number of carbonyl (C=O) groups is 3. The van der Waals surface area contributed by atoms with Crippen LogP contribution in [0.15, 0.2) is 18.2 Å². The highest BCUT2D eigenvalue weighted by Crippen LogP contribution is 2.68. The number of unbranched alkanes of at least 4 members (excludes halogenated alkanes) is 3. The van der Waals surface area contributed by atoms with Gasteiger partial charge in [0.05, 0.1) is 16.6 Å². The molecule has 1 spiro atoms. The Balaban J connectivity index is 1.66. The zero-order valence-electron chi connectivity index (χ0n) is 22.0. The minimum absolute atomic E-state index is 0.0417. The lowest BCUT2D eigenvalue weighted by Gasteiger charge is -2.38. The van der Waals surface area contributed by atoms with Crippen LogP contribution in [0.5, 0.6) is 0 Å². The first kappa shape index (κ1) is 27.0. The van der Waals surface area contributed by atoms with E-state index in [1.807, 2.05) is 39.0 Å². The van der Waals surface area contributed by atoms with Crippen LogP contribution in [0, 0.1) is 31.6 Å². The van der Waals surface area contributed by atoms with E-state index in [0.717, 1.165) is 55.3 Å². The number of carbonyl (C=O) groups excluding carboxylic acids is 3. The molecule has 6 atom stereocenters. The molecular weight excluding hydrogens is 474 g/mol. The molecule has 3 unspecified atom stereocenters. The summed E-state index contributed by atoms with van der Waals surface area (Å²) in [4.78, 5) is 43.1. The van der Waals surface area contributed by atoms with Gasteiger partial charge < -0.3 is 20.6 Å². The van der Waals surface area contributed by atoms with Crippen molar-refractivity contribution in [2.24, 2.45) is 17.8 Å². The van der Waals surface area contributed by atoms with Gasteiger partial charge in [0.2, 0.25) is 17.7 Å². The fourth-order valence-corrected chi connectivity index (χ4v) is 8.97. The van der Waals surface area contributed by atoms with Gasteiger partial charge in [-0.1, -0.05) is 38.8 Å². The van der Waals surface area contributed by atoms with Crippen LogP contribution < -0.4 is 10.6 Å².